The molecular formula is C20H19ClFN7O. The van der Waals surface area contributed by atoms with E-state index in [0.717, 1.165) is 17.1 Å². The molecule has 0 amide bonds. The first-order chi connectivity index (χ1) is 14.5. The smallest absolute Gasteiger partial charge is 0.180 e. The Morgan fingerprint density at radius 1 is 1.27 bits per heavy atom. The Hall–Kier alpha value is -3.04. The van der Waals surface area contributed by atoms with E-state index in [1.807, 2.05) is 26.1 Å². The first-order valence-corrected chi connectivity index (χ1v) is 9.93. The minimum atomic E-state index is -0.515. The molecule has 1 saturated heterocycles. The van der Waals surface area contributed by atoms with Crippen LogP contribution in [0.1, 0.15) is 24.3 Å². The number of halogens is 2. The topological polar surface area (TPSA) is 84.2 Å². The maximum Gasteiger partial charge on any atom is 0.180 e. The summed E-state index contributed by atoms with van der Waals surface area (Å²) in [7, 11) is 0. The zero-order valence-corrected chi connectivity index (χ0v) is 17.1. The average Bonchev–Trinajstić information content (AvgIpc) is 3.34. The molecule has 0 radical (unpaired) electrons. The first kappa shape index (κ1) is 19.0. The number of nitrogens with one attached hydrogen (secondary N) is 1. The van der Waals surface area contributed by atoms with Gasteiger partial charge in [-0.25, -0.2) is 19.3 Å². The van der Waals surface area contributed by atoms with Gasteiger partial charge >= 0.3 is 0 Å². The molecule has 30 heavy (non-hydrogen) atoms. The van der Waals surface area contributed by atoms with E-state index in [9.17, 15) is 4.39 Å². The van der Waals surface area contributed by atoms with Crippen LogP contribution in [0.25, 0.3) is 17.2 Å². The van der Waals surface area contributed by atoms with E-state index in [1.165, 1.54) is 12.3 Å². The van der Waals surface area contributed by atoms with Gasteiger partial charge in [0.25, 0.3) is 0 Å². The predicted octanol–water partition coefficient (Wildman–Crippen LogP) is 3.58. The SMILES string of the molecule is Cc1[nH]ncc1[C@@H]1CN(c2ccnc(-c3cnc4cc(F)c(Cl)cn34)n2)C[C@@H](C)O1. The fraction of sp³-hybridized carbons (Fsp3) is 0.300. The van der Waals surface area contributed by atoms with Gasteiger partial charge in [-0.3, -0.25) is 9.50 Å². The molecule has 0 aromatic carbocycles. The van der Waals surface area contributed by atoms with Crippen LogP contribution in [0.15, 0.2) is 36.9 Å². The standard InChI is InChI=1S/C20H19ClFN7O/c1-11-8-28(10-17(30-11)13-6-25-27-12(13)2)18-3-4-23-20(26-18)16-7-24-19-5-15(22)14(21)9-29(16)19/h3-7,9,11,17H,8,10H2,1-2H3,(H,25,27)/t11-,17+/m1/s1. The van der Waals surface area contributed by atoms with Gasteiger partial charge in [0.15, 0.2) is 5.82 Å². The number of ether oxygens (including phenoxy) is 1. The second-order valence-corrected chi connectivity index (χ2v) is 7.78. The Bertz CT molecular complexity index is 1220. The molecule has 2 atom stereocenters. The molecule has 1 aliphatic rings. The van der Waals surface area contributed by atoms with Gasteiger partial charge in [-0.1, -0.05) is 11.6 Å². The van der Waals surface area contributed by atoms with Gasteiger partial charge in [0.05, 0.1) is 30.1 Å². The molecule has 0 aliphatic carbocycles. The summed E-state index contributed by atoms with van der Waals surface area (Å²) in [6.45, 7) is 5.37. The third kappa shape index (κ3) is 3.29. The summed E-state index contributed by atoms with van der Waals surface area (Å²) in [6.07, 6.45) is 6.53. The predicted molar refractivity (Wildman–Crippen MR) is 110 cm³/mol. The Balaban J connectivity index is 1.49. The number of imidazole rings is 1. The molecule has 0 unspecified atom stereocenters. The van der Waals surface area contributed by atoms with Crippen LogP contribution < -0.4 is 4.90 Å². The number of aryl methyl sites for hydroxylation is 1. The zero-order valence-electron chi connectivity index (χ0n) is 16.4. The van der Waals surface area contributed by atoms with Gasteiger partial charge in [0.2, 0.25) is 0 Å². The minimum absolute atomic E-state index is 0.0123. The van der Waals surface area contributed by atoms with Crippen LogP contribution in [-0.2, 0) is 4.74 Å². The number of anilines is 1. The normalized spacial score (nSPS) is 19.5. The zero-order chi connectivity index (χ0) is 20.8. The summed E-state index contributed by atoms with van der Waals surface area (Å²) in [5.74, 6) is 0.751. The lowest BCUT2D eigenvalue weighted by atomic mass is 10.1. The van der Waals surface area contributed by atoms with Crippen LogP contribution in [0, 0.1) is 12.7 Å². The minimum Gasteiger partial charge on any atom is -0.367 e. The van der Waals surface area contributed by atoms with Crippen LogP contribution >= 0.6 is 11.6 Å². The van der Waals surface area contributed by atoms with Crippen LogP contribution in [-0.4, -0.2) is 48.7 Å². The fourth-order valence-corrected chi connectivity index (χ4v) is 3.94. The molecule has 154 valence electrons. The van der Waals surface area contributed by atoms with Gasteiger partial charge < -0.3 is 9.64 Å². The van der Waals surface area contributed by atoms with Crippen LogP contribution in [0.3, 0.4) is 0 Å². The number of pyridine rings is 1. The van der Waals surface area contributed by atoms with Crippen molar-refractivity contribution >= 4 is 23.1 Å². The molecule has 1 fully saturated rings. The Morgan fingerprint density at radius 2 is 2.13 bits per heavy atom. The van der Waals surface area contributed by atoms with E-state index in [-0.39, 0.29) is 17.2 Å². The molecule has 5 rings (SSSR count). The van der Waals surface area contributed by atoms with Gasteiger partial charge in [-0.05, 0) is 19.9 Å². The number of H-pyrrole nitrogens is 1. The van der Waals surface area contributed by atoms with Crippen molar-refractivity contribution in [2.24, 2.45) is 0 Å². The van der Waals surface area contributed by atoms with E-state index in [4.69, 9.17) is 21.3 Å². The van der Waals surface area contributed by atoms with Crippen molar-refractivity contribution in [3.63, 3.8) is 0 Å². The Morgan fingerprint density at radius 3 is 2.93 bits per heavy atom. The average molecular weight is 428 g/mol. The summed E-state index contributed by atoms with van der Waals surface area (Å²) >= 11 is 5.96. The molecule has 4 aromatic heterocycles. The lowest BCUT2D eigenvalue weighted by Crippen LogP contribution is -2.43. The molecule has 5 heterocycles. The van der Waals surface area contributed by atoms with Gasteiger partial charge in [-0.2, -0.15) is 5.10 Å². The van der Waals surface area contributed by atoms with Crippen molar-refractivity contribution < 1.29 is 9.13 Å². The number of hydrogen-bond acceptors (Lipinski definition) is 6. The first-order valence-electron chi connectivity index (χ1n) is 9.55. The number of hydrogen-bond donors (Lipinski definition) is 1. The van der Waals surface area contributed by atoms with Crippen molar-refractivity contribution in [1.29, 1.82) is 0 Å². The largest absolute Gasteiger partial charge is 0.367 e. The summed E-state index contributed by atoms with van der Waals surface area (Å²) < 4.78 is 21.6. The molecule has 0 spiro atoms. The Kier molecular flexibility index (Phi) is 4.63. The number of rotatable bonds is 3. The van der Waals surface area contributed by atoms with E-state index in [0.29, 0.717) is 30.3 Å². The van der Waals surface area contributed by atoms with E-state index < -0.39 is 5.82 Å². The molecule has 8 nitrogen and oxygen atoms in total. The van der Waals surface area contributed by atoms with Crippen LogP contribution in [0.4, 0.5) is 10.2 Å². The monoisotopic (exact) mass is 427 g/mol. The highest BCUT2D eigenvalue weighted by atomic mass is 35.5. The summed E-state index contributed by atoms with van der Waals surface area (Å²) in [5.41, 5.74) is 3.11. The lowest BCUT2D eigenvalue weighted by Gasteiger charge is -2.37. The van der Waals surface area contributed by atoms with Crippen molar-refractivity contribution in [3.05, 3.63) is 59.0 Å². The molecule has 0 saturated carbocycles. The van der Waals surface area contributed by atoms with Gasteiger partial charge in [0, 0.05) is 36.3 Å². The summed E-state index contributed by atoms with van der Waals surface area (Å²) in [6, 6.07) is 3.16. The summed E-state index contributed by atoms with van der Waals surface area (Å²) in [4.78, 5) is 15.6. The highest BCUT2D eigenvalue weighted by Crippen LogP contribution is 2.30. The molecule has 10 heteroatoms. The number of fused-ring (bicyclic) bond motifs is 1. The highest BCUT2D eigenvalue weighted by molar-refractivity contribution is 6.30. The van der Waals surface area contributed by atoms with E-state index in [2.05, 4.69) is 25.1 Å². The number of morpholine rings is 1. The van der Waals surface area contributed by atoms with Crippen molar-refractivity contribution in [3.8, 4) is 11.5 Å². The molecule has 1 aliphatic heterocycles. The second kappa shape index (κ2) is 7.33. The maximum absolute atomic E-state index is 13.7. The molecule has 4 aromatic rings. The Labute approximate surface area is 176 Å². The quantitative estimate of drug-likeness (QED) is 0.538. The molecule has 1 N–H and O–H groups in total. The van der Waals surface area contributed by atoms with Crippen LogP contribution in [0.2, 0.25) is 5.02 Å². The van der Waals surface area contributed by atoms with Crippen molar-refractivity contribution in [1.82, 2.24) is 29.5 Å². The lowest BCUT2D eigenvalue weighted by molar-refractivity contribution is -0.0178. The fourth-order valence-electron chi connectivity index (χ4n) is 3.78. The molecule has 0 bridgehead atoms. The van der Waals surface area contributed by atoms with Crippen molar-refractivity contribution in [2.75, 3.05) is 18.0 Å². The van der Waals surface area contributed by atoms with E-state index in [1.54, 1.807) is 16.8 Å². The van der Waals surface area contributed by atoms with E-state index >= 15 is 0 Å². The molecular weight excluding hydrogens is 409 g/mol. The number of nitrogens with zero attached hydrogens (tertiary/aromatic N) is 6. The highest BCUT2D eigenvalue weighted by Gasteiger charge is 2.29. The third-order valence-electron chi connectivity index (χ3n) is 5.22. The second-order valence-electron chi connectivity index (χ2n) is 7.37. The third-order valence-corrected chi connectivity index (χ3v) is 5.50. The maximum atomic E-state index is 13.7. The number of aromatic amines is 1. The number of aromatic nitrogens is 6. The van der Waals surface area contributed by atoms with Gasteiger partial charge in [-0.15, -0.1) is 0 Å². The van der Waals surface area contributed by atoms with Crippen LogP contribution in [0.5, 0.6) is 0 Å². The summed E-state index contributed by atoms with van der Waals surface area (Å²) in [5, 5.41) is 7.09. The van der Waals surface area contributed by atoms with Crippen molar-refractivity contribution in [2.45, 2.75) is 26.1 Å². The van der Waals surface area contributed by atoms with Gasteiger partial charge in [0.1, 0.15) is 29.1 Å².